The Kier molecular flexibility index (Phi) is 8.00. The molecule has 0 aliphatic carbocycles. The monoisotopic (exact) mass is 225 g/mol. The summed E-state index contributed by atoms with van der Waals surface area (Å²) in [5.41, 5.74) is 2.67. The Hall–Kier alpha value is -0.760. The highest BCUT2D eigenvalue weighted by Crippen LogP contribution is 2.14. The van der Waals surface area contributed by atoms with Crippen LogP contribution in [0.15, 0.2) is 23.4 Å². The van der Waals surface area contributed by atoms with Crippen LogP contribution >= 0.6 is 0 Å². The van der Waals surface area contributed by atoms with Crippen LogP contribution < -0.4 is 0 Å². The molecule has 0 aromatic heterocycles. The van der Waals surface area contributed by atoms with E-state index in [0.29, 0.717) is 0 Å². The van der Waals surface area contributed by atoms with Crippen molar-refractivity contribution in [2.75, 3.05) is 13.1 Å². The van der Waals surface area contributed by atoms with Gasteiger partial charge in [0.25, 0.3) is 0 Å². The van der Waals surface area contributed by atoms with E-state index < -0.39 is 0 Å². The van der Waals surface area contributed by atoms with Gasteiger partial charge in [-0.05, 0) is 39.7 Å². The topological polar surface area (TPSA) is 23.5 Å². The van der Waals surface area contributed by atoms with Crippen LogP contribution in [0.25, 0.3) is 0 Å². The van der Waals surface area contributed by atoms with Gasteiger partial charge in [-0.2, -0.15) is 0 Å². The Balaban J connectivity index is 0.00000106. The van der Waals surface area contributed by atoms with Gasteiger partial charge in [0.2, 0.25) is 0 Å². The van der Waals surface area contributed by atoms with Crippen LogP contribution in [0.4, 0.5) is 0 Å². The molecule has 1 heterocycles. The van der Waals surface area contributed by atoms with Crippen LogP contribution in [0.1, 0.15) is 47.5 Å². The molecule has 0 amide bonds. The molecule has 1 aliphatic heterocycles. The van der Waals surface area contributed by atoms with Gasteiger partial charge in [0.05, 0.1) is 6.10 Å². The summed E-state index contributed by atoms with van der Waals surface area (Å²) in [7, 11) is 0. The second-order valence-electron chi connectivity index (χ2n) is 4.15. The fraction of sp³-hybridized carbons (Fsp3) is 0.714. The fourth-order valence-corrected chi connectivity index (χ4v) is 1.73. The molecule has 1 atom stereocenters. The van der Waals surface area contributed by atoms with Gasteiger partial charge in [-0.1, -0.05) is 25.5 Å². The summed E-state index contributed by atoms with van der Waals surface area (Å²) in [6.45, 7) is 12.2. The summed E-state index contributed by atoms with van der Waals surface area (Å²) < 4.78 is 0. The highest BCUT2D eigenvalue weighted by molar-refractivity contribution is 5.22. The fourth-order valence-electron chi connectivity index (χ4n) is 1.73. The van der Waals surface area contributed by atoms with Crippen molar-refractivity contribution in [3.63, 3.8) is 0 Å². The molecular weight excluding hydrogens is 198 g/mol. The Morgan fingerprint density at radius 2 is 2.00 bits per heavy atom. The predicted molar refractivity (Wildman–Crippen MR) is 71.3 cm³/mol. The van der Waals surface area contributed by atoms with Crippen LogP contribution in [-0.4, -0.2) is 29.2 Å². The average Bonchev–Trinajstić information content (AvgIpc) is 2.39. The van der Waals surface area contributed by atoms with Crippen molar-refractivity contribution in [3.05, 3.63) is 23.4 Å². The zero-order valence-corrected chi connectivity index (χ0v) is 11.5. The maximum atomic E-state index is 9.23. The number of allylic oxidation sites excluding steroid dienone is 3. The van der Waals surface area contributed by atoms with Crippen molar-refractivity contribution in [1.29, 1.82) is 0 Å². The third-order valence-electron chi connectivity index (χ3n) is 2.62. The minimum absolute atomic E-state index is 0.194. The first-order valence-electron chi connectivity index (χ1n) is 6.37. The van der Waals surface area contributed by atoms with Crippen LogP contribution in [0, 0.1) is 0 Å². The first-order chi connectivity index (χ1) is 7.59. The maximum Gasteiger partial charge on any atom is 0.0528 e. The molecule has 0 bridgehead atoms. The van der Waals surface area contributed by atoms with Crippen molar-refractivity contribution >= 4 is 0 Å². The van der Waals surface area contributed by atoms with Gasteiger partial charge in [-0.3, -0.25) is 0 Å². The molecule has 0 unspecified atom stereocenters. The quantitative estimate of drug-likeness (QED) is 0.796. The summed E-state index contributed by atoms with van der Waals surface area (Å²) in [5.74, 6) is 0. The zero-order chi connectivity index (χ0) is 12.6. The van der Waals surface area contributed by atoms with E-state index >= 15 is 0 Å². The van der Waals surface area contributed by atoms with Crippen LogP contribution in [0.2, 0.25) is 0 Å². The van der Waals surface area contributed by atoms with Gasteiger partial charge >= 0.3 is 0 Å². The lowest BCUT2D eigenvalue weighted by Crippen LogP contribution is -2.25. The van der Waals surface area contributed by atoms with E-state index in [0.717, 1.165) is 25.9 Å². The van der Waals surface area contributed by atoms with Crippen LogP contribution in [-0.2, 0) is 0 Å². The Labute approximate surface area is 101 Å². The van der Waals surface area contributed by atoms with E-state index in [4.69, 9.17) is 0 Å². The van der Waals surface area contributed by atoms with Gasteiger partial charge in [0.15, 0.2) is 0 Å². The lowest BCUT2D eigenvalue weighted by molar-refractivity contribution is 0.167. The van der Waals surface area contributed by atoms with E-state index in [9.17, 15) is 5.11 Å². The first kappa shape index (κ1) is 15.2. The van der Waals surface area contributed by atoms with Crippen molar-refractivity contribution in [1.82, 2.24) is 4.90 Å². The first-order valence-corrected chi connectivity index (χ1v) is 6.37. The van der Waals surface area contributed by atoms with E-state index in [1.165, 1.54) is 11.3 Å². The molecule has 1 aliphatic rings. The lowest BCUT2D eigenvalue weighted by atomic mass is 10.2. The Morgan fingerprint density at radius 3 is 2.56 bits per heavy atom. The van der Waals surface area contributed by atoms with E-state index in [-0.39, 0.29) is 6.10 Å². The van der Waals surface area contributed by atoms with Gasteiger partial charge in [-0.15, -0.1) is 0 Å². The number of hydrogen-bond donors (Lipinski definition) is 1. The number of hydrogen-bond acceptors (Lipinski definition) is 2. The Morgan fingerprint density at radius 1 is 1.38 bits per heavy atom. The zero-order valence-electron chi connectivity index (χ0n) is 11.5. The highest BCUT2D eigenvalue weighted by atomic mass is 16.3. The summed E-state index contributed by atoms with van der Waals surface area (Å²) in [4.78, 5) is 2.35. The molecule has 2 heteroatoms. The molecule has 0 fully saturated rings. The maximum absolute atomic E-state index is 9.23. The van der Waals surface area contributed by atoms with Crippen molar-refractivity contribution < 1.29 is 5.11 Å². The summed E-state index contributed by atoms with van der Waals surface area (Å²) in [6, 6.07) is 0. The van der Waals surface area contributed by atoms with Crippen LogP contribution in [0.5, 0.6) is 0 Å². The molecule has 0 aromatic rings. The second-order valence-corrected chi connectivity index (χ2v) is 4.15. The number of rotatable bonds is 3. The molecule has 16 heavy (non-hydrogen) atoms. The smallest absolute Gasteiger partial charge is 0.0528 e. The molecular formula is C14H27NO. The number of nitrogens with zero attached hydrogens (tertiary/aromatic N) is 1. The molecule has 0 saturated carbocycles. The normalized spacial score (nSPS) is 17.8. The minimum atomic E-state index is -0.194. The molecule has 94 valence electrons. The molecule has 1 N–H and O–H groups in total. The summed E-state index contributed by atoms with van der Waals surface area (Å²) in [5, 5.41) is 9.23. The molecule has 0 aromatic carbocycles. The van der Waals surface area contributed by atoms with Gasteiger partial charge in [0.1, 0.15) is 0 Å². The predicted octanol–water partition coefficient (Wildman–Crippen LogP) is 3.34. The van der Waals surface area contributed by atoms with Gasteiger partial charge in [-0.25, -0.2) is 0 Å². The van der Waals surface area contributed by atoms with Crippen LogP contribution in [0.3, 0.4) is 0 Å². The molecule has 2 nitrogen and oxygen atoms in total. The molecule has 0 saturated heterocycles. The molecule has 1 rings (SSSR count). The lowest BCUT2D eigenvalue weighted by Gasteiger charge is -2.24. The number of aliphatic hydroxyl groups is 1. The summed E-state index contributed by atoms with van der Waals surface area (Å²) in [6.07, 6.45) is 6.25. The van der Waals surface area contributed by atoms with E-state index in [1.807, 2.05) is 20.8 Å². The van der Waals surface area contributed by atoms with Gasteiger partial charge < -0.3 is 10.0 Å². The standard InChI is InChI=1S/C12H21NO.C2H6/c1-10-5-4-7-13(11(2)9-10)8-6-12(3)14;1-2/h5,9,12,14H,4,6-8H2,1-3H3;1-2H3/t12-;/m0./s1. The van der Waals surface area contributed by atoms with E-state index in [1.54, 1.807) is 0 Å². The largest absolute Gasteiger partial charge is 0.393 e. The minimum Gasteiger partial charge on any atom is -0.393 e. The molecule has 0 spiro atoms. The van der Waals surface area contributed by atoms with Crippen molar-refractivity contribution in [3.8, 4) is 0 Å². The van der Waals surface area contributed by atoms with Crippen molar-refractivity contribution in [2.45, 2.75) is 53.6 Å². The van der Waals surface area contributed by atoms with Gasteiger partial charge in [0, 0.05) is 18.8 Å². The Bertz CT molecular complexity index is 241. The third kappa shape index (κ3) is 5.96. The molecule has 0 radical (unpaired) electrons. The number of aliphatic hydroxyl groups excluding tert-OH is 1. The average molecular weight is 225 g/mol. The highest BCUT2D eigenvalue weighted by Gasteiger charge is 2.08. The van der Waals surface area contributed by atoms with E-state index in [2.05, 4.69) is 30.9 Å². The SMILES string of the molecule is CC.CC1=CCCN(CC[C@H](C)O)C(C)=C1. The van der Waals surface area contributed by atoms with Crippen molar-refractivity contribution in [2.24, 2.45) is 0 Å². The second kappa shape index (κ2) is 8.40. The summed E-state index contributed by atoms with van der Waals surface area (Å²) >= 11 is 0. The third-order valence-corrected chi connectivity index (χ3v) is 2.62.